The van der Waals surface area contributed by atoms with Crippen molar-refractivity contribution in [2.45, 2.75) is 18.9 Å². The van der Waals surface area contributed by atoms with Crippen molar-refractivity contribution in [2.24, 2.45) is 0 Å². The zero-order chi connectivity index (χ0) is 12.3. The Morgan fingerprint density at radius 2 is 2.00 bits per heavy atom. The van der Waals surface area contributed by atoms with Crippen LogP contribution in [0.15, 0.2) is 6.07 Å². The fourth-order valence-electron chi connectivity index (χ4n) is 1.82. The predicted octanol–water partition coefficient (Wildman–Crippen LogP) is 0.424. The van der Waals surface area contributed by atoms with Gasteiger partial charge in [0.25, 0.3) is 0 Å². The van der Waals surface area contributed by atoms with Crippen LogP contribution in [0.2, 0.25) is 0 Å². The van der Waals surface area contributed by atoms with Crippen molar-refractivity contribution >= 4 is 28.4 Å². The molecular weight excluding hydrogens is 238 g/mol. The van der Waals surface area contributed by atoms with Gasteiger partial charge in [-0.1, -0.05) is 0 Å². The molecule has 2 heterocycles. The predicted molar refractivity (Wildman–Crippen MR) is 70.5 cm³/mol. The number of aromatic nitrogens is 2. The topological polar surface area (TPSA) is 92.9 Å². The van der Waals surface area contributed by atoms with E-state index >= 15 is 0 Å². The zero-order valence-corrected chi connectivity index (χ0v) is 10.6. The second kappa shape index (κ2) is 5.31. The molecule has 6 nitrogen and oxygen atoms in total. The Morgan fingerprint density at radius 3 is 2.65 bits per heavy atom. The van der Waals surface area contributed by atoms with Gasteiger partial charge in [-0.15, -0.1) is 0 Å². The fourth-order valence-corrected chi connectivity index (χ4v) is 3.11. The third-order valence-electron chi connectivity index (χ3n) is 2.74. The lowest BCUT2D eigenvalue weighted by Gasteiger charge is -2.23. The minimum absolute atomic E-state index is 0.249. The van der Waals surface area contributed by atoms with E-state index in [4.69, 9.17) is 5.73 Å². The molecule has 0 radical (unpaired) electrons. The number of anilines is 3. The Kier molecular flexibility index (Phi) is 3.78. The Balaban J connectivity index is 2.02. The summed E-state index contributed by atoms with van der Waals surface area (Å²) < 4.78 is 11.2. The average Bonchev–Trinajstić information content (AvgIpc) is 2.31. The Hall–Kier alpha value is -1.37. The van der Waals surface area contributed by atoms with Gasteiger partial charge >= 0.3 is 0 Å². The number of rotatable bonds is 3. The number of nitrogens with one attached hydrogen (secondary N) is 2. The summed E-state index contributed by atoms with van der Waals surface area (Å²) in [5.41, 5.74) is 5.61. The number of nitrogens with zero attached hydrogens (tertiary/aromatic N) is 2. The van der Waals surface area contributed by atoms with Crippen LogP contribution in [-0.2, 0) is 10.8 Å². The summed E-state index contributed by atoms with van der Waals surface area (Å²) in [6, 6.07) is 2.15. The van der Waals surface area contributed by atoms with Gasteiger partial charge in [0.15, 0.2) is 0 Å². The summed E-state index contributed by atoms with van der Waals surface area (Å²) >= 11 is 0. The Morgan fingerprint density at radius 1 is 1.35 bits per heavy atom. The van der Waals surface area contributed by atoms with Crippen molar-refractivity contribution in [3.63, 3.8) is 0 Å². The van der Waals surface area contributed by atoms with Crippen LogP contribution in [0.5, 0.6) is 0 Å². The van der Waals surface area contributed by atoms with E-state index in [2.05, 4.69) is 20.6 Å². The second-order valence-electron chi connectivity index (χ2n) is 4.01. The lowest BCUT2D eigenvalue weighted by molar-refractivity contribution is 0.622. The maximum atomic E-state index is 11.2. The highest BCUT2D eigenvalue weighted by molar-refractivity contribution is 7.85. The normalized spacial score (nSPS) is 24.3. The molecule has 1 aliphatic heterocycles. The molecular formula is C10H17N5OS. The second-order valence-corrected chi connectivity index (χ2v) is 5.71. The third-order valence-corrected chi connectivity index (χ3v) is 4.12. The van der Waals surface area contributed by atoms with E-state index < -0.39 is 10.8 Å². The lowest BCUT2D eigenvalue weighted by Crippen LogP contribution is -2.29. The molecule has 0 aromatic carbocycles. The van der Waals surface area contributed by atoms with Crippen LogP contribution in [0, 0.1) is 0 Å². The van der Waals surface area contributed by atoms with Crippen molar-refractivity contribution in [1.82, 2.24) is 9.97 Å². The highest BCUT2D eigenvalue weighted by Crippen LogP contribution is 2.17. The van der Waals surface area contributed by atoms with E-state index in [9.17, 15) is 4.21 Å². The largest absolute Gasteiger partial charge is 0.373 e. The highest BCUT2D eigenvalue weighted by atomic mass is 32.2. The first-order valence-corrected chi connectivity index (χ1v) is 7.10. The van der Waals surface area contributed by atoms with Crippen LogP contribution in [0.1, 0.15) is 12.8 Å². The molecule has 1 aromatic rings. The van der Waals surface area contributed by atoms with Gasteiger partial charge in [-0.3, -0.25) is 4.21 Å². The molecule has 0 amide bonds. The number of hydrogen-bond donors (Lipinski definition) is 3. The zero-order valence-electron chi connectivity index (χ0n) is 9.77. The lowest BCUT2D eigenvalue weighted by atomic mass is 10.1. The molecule has 1 fully saturated rings. The molecule has 0 bridgehead atoms. The van der Waals surface area contributed by atoms with Crippen LogP contribution in [0.25, 0.3) is 0 Å². The summed E-state index contributed by atoms with van der Waals surface area (Å²) in [5, 5.41) is 6.24. The van der Waals surface area contributed by atoms with Crippen molar-refractivity contribution in [3.8, 4) is 0 Å². The van der Waals surface area contributed by atoms with Crippen LogP contribution in [0.4, 0.5) is 17.6 Å². The number of hydrogen-bond acceptors (Lipinski definition) is 6. The molecule has 0 spiro atoms. The van der Waals surface area contributed by atoms with Crippen molar-refractivity contribution in [3.05, 3.63) is 6.07 Å². The van der Waals surface area contributed by atoms with Gasteiger partial charge in [0.1, 0.15) is 11.6 Å². The molecule has 1 saturated heterocycles. The van der Waals surface area contributed by atoms with Crippen LogP contribution < -0.4 is 16.4 Å². The van der Waals surface area contributed by atoms with Gasteiger partial charge in [-0.2, -0.15) is 9.97 Å². The summed E-state index contributed by atoms with van der Waals surface area (Å²) in [4.78, 5) is 8.16. The first-order valence-electron chi connectivity index (χ1n) is 5.61. The molecule has 0 unspecified atom stereocenters. The monoisotopic (exact) mass is 255 g/mol. The quantitative estimate of drug-likeness (QED) is 0.725. The SMILES string of the molecule is CNc1cc(NC2CCS(=O)CC2)nc(N)n1. The van der Waals surface area contributed by atoms with E-state index in [1.165, 1.54) is 0 Å². The first-order chi connectivity index (χ1) is 8.17. The molecule has 2 rings (SSSR count). The van der Waals surface area contributed by atoms with Gasteiger partial charge in [-0.05, 0) is 12.8 Å². The Bertz CT molecular complexity index is 415. The van der Waals surface area contributed by atoms with E-state index in [0.717, 1.165) is 30.2 Å². The number of nitrogens with two attached hydrogens (primary N) is 1. The van der Waals surface area contributed by atoms with Gasteiger partial charge in [0.05, 0.1) is 0 Å². The van der Waals surface area contributed by atoms with Gasteiger partial charge in [0.2, 0.25) is 5.95 Å². The summed E-state index contributed by atoms with van der Waals surface area (Å²) in [5.74, 6) is 3.19. The minimum Gasteiger partial charge on any atom is -0.373 e. The average molecular weight is 255 g/mol. The minimum atomic E-state index is -0.639. The Labute approximate surface area is 103 Å². The molecule has 0 atom stereocenters. The molecule has 94 valence electrons. The summed E-state index contributed by atoms with van der Waals surface area (Å²) in [7, 11) is 1.15. The van der Waals surface area contributed by atoms with Crippen LogP contribution in [-0.4, -0.2) is 38.8 Å². The molecule has 7 heteroatoms. The van der Waals surface area contributed by atoms with Gasteiger partial charge in [-0.25, -0.2) is 0 Å². The van der Waals surface area contributed by atoms with Crippen molar-refractivity contribution in [2.75, 3.05) is 34.9 Å². The van der Waals surface area contributed by atoms with E-state index in [-0.39, 0.29) is 5.95 Å². The van der Waals surface area contributed by atoms with Crippen LogP contribution >= 0.6 is 0 Å². The maximum absolute atomic E-state index is 11.2. The highest BCUT2D eigenvalue weighted by Gasteiger charge is 2.18. The summed E-state index contributed by atoms with van der Waals surface area (Å²) in [6.07, 6.45) is 1.82. The maximum Gasteiger partial charge on any atom is 0.223 e. The van der Waals surface area contributed by atoms with Gasteiger partial charge < -0.3 is 16.4 Å². The molecule has 4 N–H and O–H groups in total. The molecule has 1 aliphatic rings. The fraction of sp³-hybridized carbons (Fsp3) is 0.600. The smallest absolute Gasteiger partial charge is 0.223 e. The standard InChI is InChI=1S/C10H17N5OS/c1-12-8-6-9(15-10(11)14-8)13-7-2-4-17(16)5-3-7/h6-7H,2-5H2,1H3,(H4,11,12,13,14,15). The van der Waals surface area contributed by atoms with Crippen molar-refractivity contribution in [1.29, 1.82) is 0 Å². The summed E-state index contributed by atoms with van der Waals surface area (Å²) in [6.45, 7) is 0. The van der Waals surface area contributed by atoms with E-state index in [1.54, 1.807) is 7.05 Å². The first kappa shape index (κ1) is 12.1. The van der Waals surface area contributed by atoms with E-state index in [0.29, 0.717) is 11.9 Å². The third kappa shape index (κ3) is 3.29. The molecule has 0 aliphatic carbocycles. The van der Waals surface area contributed by atoms with Crippen molar-refractivity contribution < 1.29 is 4.21 Å². The van der Waals surface area contributed by atoms with Crippen LogP contribution in [0.3, 0.4) is 0 Å². The van der Waals surface area contributed by atoms with E-state index in [1.807, 2.05) is 6.07 Å². The molecule has 1 aromatic heterocycles. The number of nitrogen functional groups attached to an aromatic ring is 1. The van der Waals surface area contributed by atoms with Gasteiger partial charge in [0, 0.05) is 41.5 Å². The molecule has 17 heavy (non-hydrogen) atoms. The molecule has 0 saturated carbocycles.